The van der Waals surface area contributed by atoms with Gasteiger partial charge < -0.3 is 19.5 Å². The van der Waals surface area contributed by atoms with Crippen LogP contribution < -0.4 is 15.2 Å². The van der Waals surface area contributed by atoms with Gasteiger partial charge in [-0.25, -0.2) is 14.8 Å². The van der Waals surface area contributed by atoms with Gasteiger partial charge >= 0.3 is 18.4 Å². The normalized spacial score (nSPS) is 16.6. The number of anilines is 1. The van der Waals surface area contributed by atoms with E-state index in [9.17, 15) is 35.9 Å². The molecule has 0 aliphatic carbocycles. The summed E-state index contributed by atoms with van der Waals surface area (Å²) in [6.45, 7) is 2.35. The Labute approximate surface area is 205 Å². The molecule has 14 heteroatoms. The van der Waals surface area contributed by atoms with Crippen molar-refractivity contribution >= 4 is 12.0 Å². The summed E-state index contributed by atoms with van der Waals surface area (Å²) in [6.07, 6.45) is -7.58. The number of nitrogens with zero attached hydrogens (tertiary/aromatic N) is 4. The Hall–Kier alpha value is -4.10. The number of rotatable bonds is 3. The summed E-state index contributed by atoms with van der Waals surface area (Å²) in [7, 11) is 0. The smallest absolute Gasteiger partial charge is 0.410 e. The Morgan fingerprint density at radius 1 is 1.03 bits per heavy atom. The Kier molecular flexibility index (Phi) is 6.84. The summed E-state index contributed by atoms with van der Waals surface area (Å²) in [5.41, 5.74) is -3.23. The van der Waals surface area contributed by atoms with Crippen molar-refractivity contribution in [3.05, 3.63) is 70.4 Å². The summed E-state index contributed by atoms with van der Waals surface area (Å²) in [5, 5.41) is 0. The number of aromatic nitrogens is 3. The van der Waals surface area contributed by atoms with E-state index in [1.165, 1.54) is 29.2 Å². The predicted molar refractivity (Wildman–Crippen MR) is 119 cm³/mol. The number of halogens is 6. The number of nitrogens with one attached hydrogen (secondary N) is 1. The molecule has 1 N–H and O–H groups in total. The lowest BCUT2D eigenvalue weighted by atomic mass is 10.1. The van der Waals surface area contributed by atoms with Crippen LogP contribution in [0.15, 0.2) is 53.7 Å². The van der Waals surface area contributed by atoms with E-state index in [0.717, 1.165) is 6.20 Å². The van der Waals surface area contributed by atoms with Crippen LogP contribution in [0, 0.1) is 0 Å². The molecule has 1 aromatic carbocycles. The molecular weight excluding hydrogens is 508 g/mol. The quantitative estimate of drug-likeness (QED) is 0.502. The third-order valence-electron chi connectivity index (χ3n) is 5.69. The molecule has 1 aliphatic heterocycles. The second kappa shape index (κ2) is 9.75. The Morgan fingerprint density at radius 3 is 2.35 bits per heavy atom. The second-order valence-electron chi connectivity index (χ2n) is 8.28. The summed E-state index contributed by atoms with van der Waals surface area (Å²) in [4.78, 5) is 37.0. The van der Waals surface area contributed by atoms with E-state index in [4.69, 9.17) is 4.74 Å². The van der Waals surface area contributed by atoms with Crippen LogP contribution in [0.1, 0.15) is 18.1 Å². The fourth-order valence-electron chi connectivity index (χ4n) is 3.80. The maximum atomic E-state index is 13.1. The highest BCUT2D eigenvalue weighted by atomic mass is 19.4. The van der Waals surface area contributed by atoms with Gasteiger partial charge in [-0.15, -0.1) is 0 Å². The van der Waals surface area contributed by atoms with Crippen LogP contribution in [0.2, 0.25) is 0 Å². The average molecular weight is 527 g/mol. The van der Waals surface area contributed by atoms with Crippen molar-refractivity contribution in [1.29, 1.82) is 0 Å². The Morgan fingerprint density at radius 2 is 1.73 bits per heavy atom. The zero-order chi connectivity index (χ0) is 27.0. The van der Waals surface area contributed by atoms with Crippen molar-refractivity contribution in [3.8, 4) is 16.9 Å². The number of carbonyl (C=O) groups excluding carboxylic acids is 1. The first kappa shape index (κ1) is 26.0. The largest absolute Gasteiger partial charge is 0.421 e. The minimum Gasteiger partial charge on any atom is -0.410 e. The Bertz CT molecular complexity index is 1340. The molecule has 4 rings (SSSR count). The second-order valence-corrected chi connectivity index (χ2v) is 8.28. The molecule has 2 aromatic heterocycles. The fourth-order valence-corrected chi connectivity index (χ4v) is 3.80. The number of hydrogen-bond acceptors (Lipinski definition) is 6. The number of hydrogen-bond donors (Lipinski definition) is 1. The number of amides is 1. The first-order valence-corrected chi connectivity index (χ1v) is 10.9. The molecular formula is C23H19F6N5O3. The highest BCUT2D eigenvalue weighted by Crippen LogP contribution is 2.31. The van der Waals surface area contributed by atoms with Gasteiger partial charge in [0.25, 0.3) is 5.56 Å². The lowest BCUT2D eigenvalue weighted by Gasteiger charge is -2.39. The maximum absolute atomic E-state index is 13.1. The molecule has 0 unspecified atom stereocenters. The molecule has 1 amide bonds. The van der Waals surface area contributed by atoms with Crippen molar-refractivity contribution < 1.29 is 35.9 Å². The number of alkyl halides is 6. The molecule has 0 bridgehead atoms. The van der Waals surface area contributed by atoms with Gasteiger partial charge in [0.2, 0.25) is 5.95 Å². The van der Waals surface area contributed by atoms with Crippen molar-refractivity contribution in [3.63, 3.8) is 0 Å². The van der Waals surface area contributed by atoms with Gasteiger partial charge in [0, 0.05) is 44.3 Å². The zero-order valence-electron chi connectivity index (χ0n) is 19.1. The van der Waals surface area contributed by atoms with E-state index >= 15 is 0 Å². The number of carbonyl (C=O) groups is 1. The number of H-pyrrole nitrogens is 1. The topological polar surface area (TPSA) is 91.4 Å². The molecule has 37 heavy (non-hydrogen) atoms. The summed E-state index contributed by atoms with van der Waals surface area (Å²) >= 11 is 0. The van der Waals surface area contributed by atoms with E-state index in [1.54, 1.807) is 11.8 Å². The van der Waals surface area contributed by atoms with Gasteiger partial charge in [-0.2, -0.15) is 26.3 Å². The fraction of sp³-hybridized carbons (Fsp3) is 0.304. The molecule has 0 spiro atoms. The SMILES string of the molecule is C[C@@H]1CN(c2ncc(C(F)(F)F)cn2)CCN1C(=O)Oc1cccc(-c2c[nH]c(=O)c(C(F)(F)F)c2)c1. The van der Waals surface area contributed by atoms with E-state index in [0.29, 0.717) is 18.5 Å². The zero-order valence-corrected chi connectivity index (χ0v) is 19.1. The number of piperazine rings is 1. The third kappa shape index (κ3) is 5.84. The number of benzene rings is 1. The Balaban J connectivity index is 1.43. The van der Waals surface area contributed by atoms with Crippen LogP contribution in [0.3, 0.4) is 0 Å². The third-order valence-corrected chi connectivity index (χ3v) is 5.69. The lowest BCUT2D eigenvalue weighted by Crippen LogP contribution is -2.55. The molecule has 196 valence electrons. The molecule has 1 saturated heterocycles. The predicted octanol–water partition coefficient (Wildman–Crippen LogP) is 4.58. The monoisotopic (exact) mass is 527 g/mol. The van der Waals surface area contributed by atoms with E-state index < -0.39 is 41.2 Å². The molecule has 1 aliphatic rings. The van der Waals surface area contributed by atoms with Crippen LogP contribution in [0.5, 0.6) is 5.75 Å². The van der Waals surface area contributed by atoms with Gasteiger partial charge in [-0.1, -0.05) is 12.1 Å². The molecule has 3 heterocycles. The van der Waals surface area contributed by atoms with Crippen molar-refractivity contribution in [2.45, 2.75) is 25.3 Å². The number of aromatic amines is 1. The molecule has 1 atom stereocenters. The van der Waals surface area contributed by atoms with Crippen LogP contribution >= 0.6 is 0 Å². The van der Waals surface area contributed by atoms with Crippen LogP contribution in [-0.2, 0) is 12.4 Å². The van der Waals surface area contributed by atoms with Crippen LogP contribution in [-0.4, -0.2) is 51.6 Å². The van der Waals surface area contributed by atoms with Crippen molar-refractivity contribution in [2.75, 3.05) is 24.5 Å². The standard InChI is InChI=1S/C23H19F6N5O3/c1-13-12-33(20-31-10-16(11-32-20)22(24,25)26)5-6-34(13)21(36)37-17-4-2-3-14(7-17)15-8-18(23(27,28)29)19(35)30-9-15/h2-4,7-11,13H,5-6,12H2,1H3,(H,30,35)/t13-/m1/s1. The molecule has 0 saturated carbocycles. The van der Waals surface area contributed by atoms with E-state index in [1.807, 2.05) is 0 Å². The highest BCUT2D eigenvalue weighted by Gasteiger charge is 2.35. The minimum absolute atomic E-state index is 0.0722. The molecule has 8 nitrogen and oxygen atoms in total. The first-order valence-electron chi connectivity index (χ1n) is 10.9. The minimum atomic E-state index is -4.84. The summed E-state index contributed by atoms with van der Waals surface area (Å²) in [5.74, 6) is 0.169. The average Bonchev–Trinajstić information content (AvgIpc) is 2.83. The highest BCUT2D eigenvalue weighted by molar-refractivity contribution is 5.73. The van der Waals surface area contributed by atoms with Gasteiger partial charge in [-0.05, 0) is 36.2 Å². The van der Waals surface area contributed by atoms with Gasteiger partial charge in [-0.3, -0.25) is 4.79 Å². The van der Waals surface area contributed by atoms with Crippen molar-refractivity contribution in [2.24, 2.45) is 0 Å². The van der Waals surface area contributed by atoms with Gasteiger partial charge in [0.05, 0.1) is 5.56 Å². The lowest BCUT2D eigenvalue weighted by molar-refractivity contribution is -0.139. The summed E-state index contributed by atoms with van der Waals surface area (Å²) < 4.78 is 82.9. The number of ether oxygens (including phenoxy) is 1. The van der Waals surface area contributed by atoms with Gasteiger partial charge in [0.1, 0.15) is 11.3 Å². The van der Waals surface area contributed by atoms with Gasteiger partial charge in [0.15, 0.2) is 0 Å². The van der Waals surface area contributed by atoms with Crippen molar-refractivity contribution in [1.82, 2.24) is 19.9 Å². The summed E-state index contributed by atoms with van der Waals surface area (Å²) in [6, 6.07) is 6.10. The molecule has 3 aromatic rings. The van der Waals surface area contributed by atoms with E-state index in [-0.39, 0.29) is 42.5 Å². The molecule has 0 radical (unpaired) electrons. The van der Waals surface area contributed by atoms with E-state index in [2.05, 4.69) is 15.0 Å². The number of pyridine rings is 1. The molecule has 1 fully saturated rings. The van der Waals surface area contributed by atoms with Crippen LogP contribution in [0.25, 0.3) is 11.1 Å². The first-order chi connectivity index (χ1) is 17.3. The van der Waals surface area contributed by atoms with Crippen LogP contribution in [0.4, 0.5) is 37.1 Å². The maximum Gasteiger partial charge on any atom is 0.421 e.